The van der Waals surface area contributed by atoms with Crippen molar-refractivity contribution in [2.24, 2.45) is 11.1 Å². The van der Waals surface area contributed by atoms with Crippen molar-refractivity contribution in [3.8, 4) is 0 Å². The first-order valence-electron chi connectivity index (χ1n) is 7.34. The normalized spacial score (nSPS) is 14.9. The van der Waals surface area contributed by atoms with Crippen LogP contribution in [-0.2, 0) is 18.7 Å². The van der Waals surface area contributed by atoms with Crippen LogP contribution in [0, 0.1) is 5.41 Å². The number of aliphatic hydroxyl groups is 1. The van der Waals surface area contributed by atoms with Gasteiger partial charge < -0.3 is 35.7 Å². The first-order valence-corrected chi connectivity index (χ1v) is 10.6. The monoisotopic (exact) mass is 404 g/mol. The van der Waals surface area contributed by atoms with Crippen LogP contribution in [0.15, 0.2) is 0 Å². The summed E-state index contributed by atoms with van der Waals surface area (Å²) in [5.74, 6) is -0.930. The van der Waals surface area contributed by atoms with E-state index < -0.39 is 44.1 Å². The standard InChI is InChI=1S/C12H26N2O9P2/c1-11(2,3)10(16)8(13)7-9(15)14-6-4-5-12(17,24(18,19)20)25(21,22)23/h8,17H,4-7,13H2,1-3H3,(H,14,15)(H2,18,19,20)(H2,21,22,23)/t8-/m0/s1. The van der Waals surface area contributed by atoms with E-state index >= 15 is 0 Å². The topological polar surface area (TPSA) is 207 Å². The van der Waals surface area contributed by atoms with Crippen LogP contribution in [0.1, 0.15) is 40.0 Å². The third-order valence-corrected chi connectivity index (χ3v) is 7.30. The number of carbonyl (C=O) groups excluding carboxylic acids is 2. The predicted octanol–water partition coefficient (Wildman–Crippen LogP) is -0.783. The molecule has 0 rings (SSSR count). The summed E-state index contributed by atoms with van der Waals surface area (Å²) in [6, 6.07) is -1.03. The number of carbonyl (C=O) groups is 2. The second-order valence-electron chi connectivity index (χ2n) is 6.74. The Morgan fingerprint density at radius 1 is 1.08 bits per heavy atom. The third kappa shape index (κ3) is 6.88. The Bertz CT molecular complexity index is 568. The molecule has 0 heterocycles. The largest absolute Gasteiger partial charge is 0.369 e. The fourth-order valence-corrected chi connectivity index (χ4v) is 4.19. The molecule has 0 aromatic rings. The van der Waals surface area contributed by atoms with Gasteiger partial charge in [-0.15, -0.1) is 0 Å². The molecule has 0 radical (unpaired) electrons. The van der Waals surface area contributed by atoms with E-state index in [1.165, 1.54) is 0 Å². The highest BCUT2D eigenvalue weighted by molar-refractivity contribution is 7.72. The van der Waals surface area contributed by atoms with Gasteiger partial charge in [-0.05, 0) is 6.42 Å². The lowest BCUT2D eigenvalue weighted by Gasteiger charge is -2.29. The molecule has 1 amide bonds. The van der Waals surface area contributed by atoms with Crippen LogP contribution in [0.3, 0.4) is 0 Å². The Kier molecular flexibility index (Phi) is 8.15. The van der Waals surface area contributed by atoms with Crippen molar-refractivity contribution in [1.29, 1.82) is 0 Å². The van der Waals surface area contributed by atoms with Crippen molar-refractivity contribution >= 4 is 26.9 Å². The Morgan fingerprint density at radius 2 is 1.52 bits per heavy atom. The molecule has 0 aromatic carbocycles. The highest BCUT2D eigenvalue weighted by Gasteiger charge is 2.58. The number of amides is 1. The smallest absolute Gasteiger partial charge is 0.368 e. The van der Waals surface area contributed by atoms with E-state index in [9.17, 15) is 23.8 Å². The first kappa shape index (κ1) is 24.4. The van der Waals surface area contributed by atoms with Crippen LogP contribution >= 0.6 is 15.2 Å². The van der Waals surface area contributed by atoms with Gasteiger partial charge in [-0.3, -0.25) is 18.7 Å². The van der Waals surface area contributed by atoms with E-state index in [4.69, 9.17) is 25.3 Å². The zero-order valence-electron chi connectivity index (χ0n) is 14.2. The van der Waals surface area contributed by atoms with Gasteiger partial charge in [-0.2, -0.15) is 0 Å². The molecular formula is C12H26N2O9P2. The average molecular weight is 404 g/mol. The van der Waals surface area contributed by atoms with Crippen LogP contribution < -0.4 is 11.1 Å². The maximum atomic E-state index is 11.9. The number of Topliss-reactive ketones (excluding diaryl/α,β-unsaturated/α-hetero) is 1. The number of hydrogen-bond acceptors (Lipinski definition) is 6. The SMILES string of the molecule is CC(C)(C)C(=O)[C@@H](N)CC(=O)NCCCC(O)(P(=O)(O)O)P(=O)(O)O. The number of nitrogens with one attached hydrogen (secondary N) is 1. The molecule has 0 saturated carbocycles. The van der Waals surface area contributed by atoms with Gasteiger partial charge in [0.05, 0.1) is 6.04 Å². The Balaban J connectivity index is 4.58. The fourth-order valence-electron chi connectivity index (χ4n) is 1.94. The van der Waals surface area contributed by atoms with E-state index in [0.717, 1.165) is 0 Å². The summed E-state index contributed by atoms with van der Waals surface area (Å²) in [6.45, 7) is 4.73. The van der Waals surface area contributed by atoms with Crippen molar-refractivity contribution in [1.82, 2.24) is 5.32 Å². The molecule has 0 saturated heterocycles. The van der Waals surface area contributed by atoms with Gasteiger partial charge in [0.2, 0.25) is 5.91 Å². The quantitative estimate of drug-likeness (QED) is 0.188. The van der Waals surface area contributed by atoms with Gasteiger partial charge in [0, 0.05) is 24.8 Å². The number of ketones is 1. The Labute approximate surface area is 145 Å². The van der Waals surface area contributed by atoms with Crippen LogP contribution in [0.5, 0.6) is 0 Å². The molecule has 0 aromatic heterocycles. The van der Waals surface area contributed by atoms with Crippen LogP contribution in [-0.4, -0.2) is 54.0 Å². The molecule has 8 N–H and O–H groups in total. The Hall–Kier alpha value is -0.640. The molecule has 25 heavy (non-hydrogen) atoms. The summed E-state index contributed by atoms with van der Waals surface area (Å²) < 4.78 is 22.3. The molecule has 0 aliphatic carbocycles. The van der Waals surface area contributed by atoms with Crippen LogP contribution in [0.2, 0.25) is 0 Å². The molecule has 0 aliphatic rings. The molecule has 0 aliphatic heterocycles. The minimum absolute atomic E-state index is 0.225. The van der Waals surface area contributed by atoms with Crippen molar-refractivity contribution in [2.75, 3.05) is 6.54 Å². The van der Waals surface area contributed by atoms with E-state index in [-0.39, 0.29) is 25.2 Å². The summed E-state index contributed by atoms with van der Waals surface area (Å²) in [5.41, 5.74) is 4.92. The molecule has 1 atom stereocenters. The summed E-state index contributed by atoms with van der Waals surface area (Å²) >= 11 is 0. The van der Waals surface area contributed by atoms with E-state index in [1.54, 1.807) is 20.8 Å². The molecule has 0 unspecified atom stereocenters. The lowest BCUT2D eigenvalue weighted by Crippen LogP contribution is -2.42. The average Bonchev–Trinajstić information content (AvgIpc) is 2.38. The van der Waals surface area contributed by atoms with Gasteiger partial charge in [-0.25, -0.2) is 0 Å². The van der Waals surface area contributed by atoms with Crippen LogP contribution in [0.4, 0.5) is 0 Å². The minimum Gasteiger partial charge on any atom is -0.368 e. The van der Waals surface area contributed by atoms with Crippen molar-refractivity contribution in [3.63, 3.8) is 0 Å². The zero-order valence-corrected chi connectivity index (χ0v) is 16.0. The minimum atomic E-state index is -5.51. The predicted molar refractivity (Wildman–Crippen MR) is 88.3 cm³/mol. The zero-order chi connectivity index (χ0) is 20.3. The molecule has 13 heteroatoms. The molecule has 148 valence electrons. The molecule has 0 spiro atoms. The summed E-state index contributed by atoms with van der Waals surface area (Å²) in [5, 5.41) is 8.45. The maximum absolute atomic E-state index is 11.9. The maximum Gasteiger partial charge on any atom is 0.369 e. The van der Waals surface area contributed by atoms with E-state index in [2.05, 4.69) is 5.32 Å². The summed E-state index contributed by atoms with van der Waals surface area (Å²) in [6.07, 6.45) is -1.56. The van der Waals surface area contributed by atoms with Gasteiger partial charge in [-0.1, -0.05) is 20.8 Å². The summed E-state index contributed by atoms with van der Waals surface area (Å²) in [4.78, 5) is 59.4. The Morgan fingerprint density at radius 3 is 1.88 bits per heavy atom. The van der Waals surface area contributed by atoms with Crippen molar-refractivity contribution in [2.45, 2.75) is 51.2 Å². The number of rotatable bonds is 9. The number of nitrogens with two attached hydrogens (primary N) is 1. The van der Waals surface area contributed by atoms with E-state index in [1.807, 2.05) is 0 Å². The third-order valence-electron chi connectivity index (χ3n) is 3.43. The molecule has 0 bridgehead atoms. The van der Waals surface area contributed by atoms with E-state index in [0.29, 0.717) is 0 Å². The lowest BCUT2D eigenvalue weighted by molar-refractivity contribution is -0.131. The fraction of sp³-hybridized carbons (Fsp3) is 0.833. The molecular weight excluding hydrogens is 378 g/mol. The van der Waals surface area contributed by atoms with Gasteiger partial charge in [0.15, 0.2) is 5.78 Å². The number of hydrogen-bond donors (Lipinski definition) is 7. The van der Waals surface area contributed by atoms with Crippen molar-refractivity contribution in [3.05, 3.63) is 0 Å². The second-order valence-corrected chi connectivity index (χ2v) is 10.7. The van der Waals surface area contributed by atoms with Crippen LogP contribution in [0.25, 0.3) is 0 Å². The van der Waals surface area contributed by atoms with Gasteiger partial charge in [0.1, 0.15) is 0 Å². The van der Waals surface area contributed by atoms with Gasteiger partial charge >= 0.3 is 15.2 Å². The molecule has 0 fully saturated rings. The lowest BCUT2D eigenvalue weighted by atomic mass is 9.85. The highest BCUT2D eigenvalue weighted by atomic mass is 31.2. The van der Waals surface area contributed by atoms with Gasteiger partial charge in [0.25, 0.3) is 5.08 Å². The second kappa shape index (κ2) is 8.37. The first-order chi connectivity index (χ1) is 10.9. The molecule has 11 nitrogen and oxygen atoms in total. The van der Waals surface area contributed by atoms with Crippen molar-refractivity contribution < 1.29 is 43.4 Å². The highest BCUT2D eigenvalue weighted by Crippen LogP contribution is 2.69. The summed E-state index contributed by atoms with van der Waals surface area (Å²) in [7, 11) is -11.0.